The van der Waals surface area contributed by atoms with Crippen molar-refractivity contribution in [2.45, 2.75) is 123 Å². The molecule has 1 heterocycles. The number of epoxide rings is 1. The highest BCUT2D eigenvalue weighted by Crippen LogP contribution is 2.74. The minimum absolute atomic E-state index is 0.0378. The van der Waals surface area contributed by atoms with Gasteiger partial charge in [0.1, 0.15) is 11.7 Å². The third-order valence-electron chi connectivity index (χ3n) is 13.1. The summed E-state index contributed by atoms with van der Waals surface area (Å²) < 4.78 is 12.5. The van der Waals surface area contributed by atoms with Crippen LogP contribution in [0.3, 0.4) is 0 Å². The predicted molar refractivity (Wildman–Crippen MR) is 162 cm³/mol. The first-order valence-corrected chi connectivity index (χ1v) is 16.6. The third-order valence-corrected chi connectivity index (χ3v) is 13.1. The van der Waals surface area contributed by atoms with Crippen LogP contribution in [0.1, 0.15) is 116 Å². The maximum absolute atomic E-state index is 13.1. The molecular weight excluding hydrogens is 548 g/mol. The molecule has 0 bridgehead atoms. The predicted octanol–water partition coefficient (Wildman–Crippen LogP) is 8.28. The van der Waals surface area contributed by atoms with Crippen molar-refractivity contribution >= 4 is 17.3 Å². The van der Waals surface area contributed by atoms with E-state index in [1.54, 1.807) is 0 Å². The summed E-state index contributed by atoms with van der Waals surface area (Å²) in [6, 6.07) is 2.97. The molecule has 1 aromatic rings. The Morgan fingerprint density at radius 3 is 2.33 bits per heavy atom. The van der Waals surface area contributed by atoms with Crippen LogP contribution in [0.5, 0.6) is 0 Å². The summed E-state index contributed by atoms with van der Waals surface area (Å²) in [7, 11) is 0. The van der Waals surface area contributed by atoms with Crippen LogP contribution in [-0.4, -0.2) is 33.6 Å². The highest BCUT2D eigenvalue weighted by molar-refractivity contribution is 5.91. The van der Waals surface area contributed by atoms with Gasteiger partial charge in [-0.15, -0.1) is 0 Å². The van der Waals surface area contributed by atoms with Crippen molar-refractivity contribution in [3.63, 3.8) is 0 Å². The minimum atomic E-state index is -0.754. The molecule has 10 unspecified atom stereocenters. The third kappa shape index (κ3) is 4.98. The Balaban J connectivity index is 1.14. The maximum atomic E-state index is 13.1. The Morgan fingerprint density at radius 1 is 0.977 bits per heavy atom. The molecule has 10 atom stereocenters. The molecule has 0 N–H and O–H groups in total. The van der Waals surface area contributed by atoms with Crippen molar-refractivity contribution in [3.8, 4) is 0 Å². The van der Waals surface area contributed by atoms with E-state index in [0.717, 1.165) is 54.7 Å². The van der Waals surface area contributed by atoms with Crippen molar-refractivity contribution < 1.29 is 24.1 Å². The van der Waals surface area contributed by atoms with Gasteiger partial charge in [0.25, 0.3) is 11.4 Å². The zero-order valence-electron chi connectivity index (χ0n) is 26.4. The molecule has 1 saturated heterocycles. The second kappa shape index (κ2) is 10.8. The fourth-order valence-corrected chi connectivity index (χ4v) is 10.9. The number of fused-ring (bicyclic) bond motifs is 4. The van der Waals surface area contributed by atoms with E-state index in [9.17, 15) is 25.0 Å². The van der Waals surface area contributed by atoms with E-state index >= 15 is 0 Å². The summed E-state index contributed by atoms with van der Waals surface area (Å²) in [4.78, 5) is 34.3. The number of hydrogen-bond acceptors (Lipinski definition) is 7. The standard InChI is InChI=1S/C34H48N2O7/c1-20(2)7-6-8-21(3)27-9-10-28-26-18-30-34(43-30)19-25(11-14-33(34,5)29(26)12-13-32(27,28)4)42-31(37)22-15-23(35(38)39)17-24(16-22)36(40)41/h15-17,20-21,25-30H,6-14,18-19H2,1-5H3. The van der Waals surface area contributed by atoms with Gasteiger partial charge in [0.05, 0.1) is 27.6 Å². The van der Waals surface area contributed by atoms with Crippen molar-refractivity contribution in [1.82, 2.24) is 0 Å². The second-order valence-corrected chi connectivity index (χ2v) is 15.6. The maximum Gasteiger partial charge on any atom is 0.338 e. The molecule has 1 spiro atoms. The molecule has 9 nitrogen and oxygen atoms in total. The molecule has 1 aromatic carbocycles. The lowest BCUT2D eigenvalue weighted by molar-refractivity contribution is -0.394. The van der Waals surface area contributed by atoms with Crippen LogP contribution < -0.4 is 0 Å². The average Bonchev–Trinajstić information content (AvgIpc) is 3.53. The minimum Gasteiger partial charge on any atom is -0.459 e. The number of non-ortho nitro benzene ring substituents is 2. The van der Waals surface area contributed by atoms with Crippen LogP contribution in [-0.2, 0) is 9.47 Å². The number of nitrogens with zero attached hydrogens (tertiary/aromatic N) is 2. The number of nitro groups is 2. The fourth-order valence-electron chi connectivity index (χ4n) is 10.9. The van der Waals surface area contributed by atoms with Crippen molar-refractivity contribution in [2.24, 2.45) is 46.3 Å². The van der Waals surface area contributed by atoms with Gasteiger partial charge in [0, 0.05) is 24.0 Å². The van der Waals surface area contributed by atoms with Crippen LogP contribution in [0.4, 0.5) is 11.4 Å². The van der Waals surface area contributed by atoms with E-state index in [1.807, 2.05) is 0 Å². The number of nitro benzene ring substituents is 2. The largest absolute Gasteiger partial charge is 0.459 e. The van der Waals surface area contributed by atoms with Crippen molar-refractivity contribution in [1.29, 1.82) is 0 Å². The molecule has 43 heavy (non-hydrogen) atoms. The second-order valence-electron chi connectivity index (χ2n) is 15.6. The summed E-state index contributed by atoms with van der Waals surface area (Å²) in [5, 5.41) is 22.6. The topological polar surface area (TPSA) is 125 Å². The normalized spacial score (nSPS) is 40.0. The quantitative estimate of drug-likeness (QED) is 0.121. The Labute approximate surface area is 254 Å². The summed E-state index contributed by atoms with van der Waals surface area (Å²) in [5.74, 6) is 3.65. The number of benzene rings is 1. The molecule has 0 aromatic heterocycles. The van der Waals surface area contributed by atoms with Crippen LogP contribution in [0.15, 0.2) is 18.2 Å². The highest BCUT2D eigenvalue weighted by Gasteiger charge is 2.76. The van der Waals surface area contributed by atoms with Gasteiger partial charge >= 0.3 is 5.97 Å². The van der Waals surface area contributed by atoms with Crippen LogP contribution >= 0.6 is 0 Å². The van der Waals surface area contributed by atoms with E-state index in [0.29, 0.717) is 30.1 Å². The summed E-state index contributed by atoms with van der Waals surface area (Å²) in [6.07, 6.45) is 12.4. The number of esters is 1. The molecule has 4 aliphatic carbocycles. The van der Waals surface area contributed by atoms with Gasteiger partial charge in [-0.3, -0.25) is 20.2 Å². The molecule has 236 valence electrons. The van der Waals surface area contributed by atoms with Crippen LogP contribution in [0.25, 0.3) is 0 Å². The smallest absolute Gasteiger partial charge is 0.338 e. The molecule has 5 aliphatic rings. The summed E-state index contributed by atoms with van der Waals surface area (Å²) in [6.45, 7) is 12.2. The van der Waals surface area contributed by atoms with E-state index in [4.69, 9.17) is 9.47 Å². The lowest BCUT2D eigenvalue weighted by Gasteiger charge is -2.59. The first-order chi connectivity index (χ1) is 20.3. The lowest BCUT2D eigenvalue weighted by Crippen LogP contribution is -2.59. The van der Waals surface area contributed by atoms with Gasteiger partial charge in [-0.2, -0.15) is 0 Å². The van der Waals surface area contributed by atoms with E-state index in [1.165, 1.54) is 44.9 Å². The van der Waals surface area contributed by atoms with E-state index in [2.05, 4.69) is 34.6 Å². The van der Waals surface area contributed by atoms with Gasteiger partial charge in [0.2, 0.25) is 0 Å². The number of carbonyl (C=O) groups excluding carboxylic acids is 1. The monoisotopic (exact) mass is 596 g/mol. The Morgan fingerprint density at radius 2 is 1.67 bits per heavy atom. The Bertz CT molecular complexity index is 1270. The van der Waals surface area contributed by atoms with Gasteiger partial charge in [-0.1, -0.05) is 53.9 Å². The fraction of sp³-hybridized carbons (Fsp3) is 0.794. The molecule has 1 aliphatic heterocycles. The van der Waals surface area contributed by atoms with E-state index < -0.39 is 27.2 Å². The first kappa shape index (κ1) is 30.5. The number of rotatable bonds is 9. The van der Waals surface area contributed by atoms with Gasteiger partial charge in [-0.25, -0.2) is 4.79 Å². The lowest BCUT2D eigenvalue weighted by atomic mass is 9.44. The molecule has 0 amide bonds. The van der Waals surface area contributed by atoms with Gasteiger partial charge in [-0.05, 0) is 85.9 Å². The Kier molecular flexibility index (Phi) is 7.66. The number of carbonyl (C=O) groups is 1. The van der Waals surface area contributed by atoms with E-state index in [-0.39, 0.29) is 28.8 Å². The zero-order valence-corrected chi connectivity index (χ0v) is 26.4. The highest BCUT2D eigenvalue weighted by atomic mass is 16.6. The Hall–Kier alpha value is -2.55. The molecule has 9 heteroatoms. The molecule has 6 rings (SSSR count). The van der Waals surface area contributed by atoms with Gasteiger partial charge in [0.15, 0.2) is 0 Å². The molecule has 5 fully saturated rings. The van der Waals surface area contributed by atoms with Crippen LogP contribution in [0.2, 0.25) is 0 Å². The summed E-state index contributed by atoms with van der Waals surface area (Å²) >= 11 is 0. The van der Waals surface area contributed by atoms with Gasteiger partial charge < -0.3 is 9.47 Å². The number of hydrogen-bond donors (Lipinski definition) is 0. The van der Waals surface area contributed by atoms with Crippen molar-refractivity contribution in [3.05, 3.63) is 44.0 Å². The van der Waals surface area contributed by atoms with Crippen LogP contribution in [0, 0.1) is 66.6 Å². The molecular formula is C34H48N2O7. The average molecular weight is 597 g/mol. The SMILES string of the molecule is CC(C)CCCC(C)C1CCC2C3CC4OC45CC(OC(=O)c4cc([N+](=O)[O-])cc([N+](=O)[O-])c4)CCC5(C)C3CCC12C. The molecule has 0 radical (unpaired) electrons. The first-order valence-electron chi connectivity index (χ1n) is 16.6. The molecule has 4 saturated carbocycles. The zero-order chi connectivity index (χ0) is 30.9. The summed E-state index contributed by atoms with van der Waals surface area (Å²) in [5.41, 5.74) is -0.994. The van der Waals surface area contributed by atoms with Crippen molar-refractivity contribution in [2.75, 3.05) is 0 Å². The number of ether oxygens (including phenoxy) is 2.